The number of benzene rings is 2. The van der Waals surface area contributed by atoms with Crippen molar-refractivity contribution in [3.63, 3.8) is 0 Å². The SMILES string of the molecule is COc1ccccc1C(=O)N[C@@H](CCSC)C(=O)OCC(=O)Nc1ccccc1SC. The second-order valence-electron chi connectivity index (χ2n) is 6.36. The van der Waals surface area contributed by atoms with Crippen LogP contribution < -0.4 is 15.4 Å². The van der Waals surface area contributed by atoms with Gasteiger partial charge >= 0.3 is 5.97 Å². The molecule has 0 heterocycles. The number of amides is 2. The fraction of sp³-hybridized carbons (Fsp3) is 0.318. The number of anilines is 1. The Labute approximate surface area is 190 Å². The number of thioether (sulfide) groups is 2. The van der Waals surface area contributed by atoms with Gasteiger partial charge in [-0.3, -0.25) is 9.59 Å². The zero-order chi connectivity index (χ0) is 22.6. The predicted molar refractivity (Wildman–Crippen MR) is 125 cm³/mol. The molecular formula is C22H26N2O5S2. The lowest BCUT2D eigenvalue weighted by molar-refractivity contribution is -0.149. The second kappa shape index (κ2) is 12.9. The number of para-hydroxylation sites is 2. The highest BCUT2D eigenvalue weighted by molar-refractivity contribution is 7.98. The van der Waals surface area contributed by atoms with E-state index in [1.807, 2.05) is 30.7 Å². The minimum atomic E-state index is -0.879. The van der Waals surface area contributed by atoms with Crippen LogP contribution in [0.1, 0.15) is 16.8 Å². The second-order valence-corrected chi connectivity index (χ2v) is 8.20. The molecule has 2 aromatic carbocycles. The van der Waals surface area contributed by atoms with E-state index >= 15 is 0 Å². The van der Waals surface area contributed by atoms with Gasteiger partial charge in [-0.1, -0.05) is 24.3 Å². The Morgan fingerprint density at radius 1 is 1.03 bits per heavy atom. The van der Waals surface area contributed by atoms with E-state index in [1.165, 1.54) is 18.9 Å². The molecular weight excluding hydrogens is 436 g/mol. The lowest BCUT2D eigenvalue weighted by Crippen LogP contribution is -2.43. The van der Waals surface area contributed by atoms with Crippen molar-refractivity contribution in [1.82, 2.24) is 5.32 Å². The molecule has 0 radical (unpaired) electrons. The molecule has 0 aliphatic heterocycles. The van der Waals surface area contributed by atoms with Crippen LogP contribution in [-0.2, 0) is 14.3 Å². The summed E-state index contributed by atoms with van der Waals surface area (Å²) in [6.07, 6.45) is 4.19. The van der Waals surface area contributed by atoms with Gasteiger partial charge in [-0.25, -0.2) is 4.79 Å². The van der Waals surface area contributed by atoms with Crippen molar-refractivity contribution in [2.45, 2.75) is 17.4 Å². The van der Waals surface area contributed by atoms with Crippen molar-refractivity contribution in [2.24, 2.45) is 0 Å². The Bertz CT molecular complexity index is 907. The number of carbonyl (C=O) groups is 3. The maximum atomic E-state index is 12.7. The normalized spacial score (nSPS) is 11.3. The first kappa shape index (κ1) is 24.6. The summed E-state index contributed by atoms with van der Waals surface area (Å²) in [4.78, 5) is 38.4. The fourth-order valence-corrected chi connectivity index (χ4v) is 3.75. The third kappa shape index (κ3) is 7.52. The van der Waals surface area contributed by atoms with E-state index in [0.29, 0.717) is 29.2 Å². The lowest BCUT2D eigenvalue weighted by atomic mass is 10.1. The molecule has 9 heteroatoms. The van der Waals surface area contributed by atoms with Crippen molar-refractivity contribution in [3.05, 3.63) is 54.1 Å². The third-order valence-electron chi connectivity index (χ3n) is 4.28. The maximum Gasteiger partial charge on any atom is 0.329 e. The largest absolute Gasteiger partial charge is 0.496 e. The molecule has 7 nitrogen and oxygen atoms in total. The number of hydrogen-bond acceptors (Lipinski definition) is 7. The van der Waals surface area contributed by atoms with Gasteiger partial charge in [0.1, 0.15) is 11.8 Å². The fourth-order valence-electron chi connectivity index (χ4n) is 2.72. The van der Waals surface area contributed by atoms with Crippen LogP contribution in [0.4, 0.5) is 5.69 Å². The standard InChI is InChI=1S/C22H26N2O5S2/c1-28-18-10-6-4-8-15(18)21(26)24-17(12-13-30-2)22(27)29-14-20(25)23-16-9-5-7-11-19(16)31-3/h4-11,17H,12-14H2,1-3H3,(H,23,25)(H,24,26)/t17-/m0/s1. The topological polar surface area (TPSA) is 93.7 Å². The molecule has 1 atom stereocenters. The first-order chi connectivity index (χ1) is 15.0. The zero-order valence-electron chi connectivity index (χ0n) is 17.7. The van der Waals surface area contributed by atoms with Gasteiger partial charge in [0.25, 0.3) is 11.8 Å². The van der Waals surface area contributed by atoms with Crippen LogP contribution in [-0.4, -0.2) is 55.8 Å². The summed E-state index contributed by atoms with van der Waals surface area (Å²) in [7, 11) is 1.47. The Balaban J connectivity index is 1.99. The number of hydrogen-bond donors (Lipinski definition) is 2. The average Bonchev–Trinajstić information content (AvgIpc) is 2.80. The molecule has 0 unspecified atom stereocenters. The van der Waals surface area contributed by atoms with Crippen molar-refractivity contribution in [1.29, 1.82) is 0 Å². The molecule has 2 N–H and O–H groups in total. The number of ether oxygens (including phenoxy) is 2. The number of carbonyl (C=O) groups excluding carboxylic acids is 3. The molecule has 0 aliphatic rings. The molecule has 0 spiro atoms. The van der Waals surface area contributed by atoms with E-state index in [0.717, 1.165) is 4.90 Å². The highest BCUT2D eigenvalue weighted by atomic mass is 32.2. The first-order valence-corrected chi connectivity index (χ1v) is 12.1. The Hall–Kier alpha value is -2.65. The van der Waals surface area contributed by atoms with Crippen LogP contribution in [0, 0.1) is 0 Å². The molecule has 0 saturated carbocycles. The molecule has 0 aliphatic carbocycles. The minimum Gasteiger partial charge on any atom is -0.496 e. The van der Waals surface area contributed by atoms with E-state index in [-0.39, 0.29) is 0 Å². The Morgan fingerprint density at radius 2 is 1.74 bits per heavy atom. The predicted octanol–water partition coefficient (Wildman–Crippen LogP) is 3.45. The van der Waals surface area contributed by atoms with E-state index < -0.39 is 30.4 Å². The van der Waals surface area contributed by atoms with Crippen LogP contribution in [0.15, 0.2) is 53.4 Å². The minimum absolute atomic E-state index is 0.318. The number of rotatable bonds is 11. The van der Waals surface area contributed by atoms with Gasteiger partial charge in [-0.05, 0) is 49.0 Å². The number of esters is 1. The number of methoxy groups -OCH3 is 1. The maximum absolute atomic E-state index is 12.7. The van der Waals surface area contributed by atoms with Crippen LogP contribution >= 0.6 is 23.5 Å². The van der Waals surface area contributed by atoms with Crippen LogP contribution in [0.25, 0.3) is 0 Å². The number of nitrogens with one attached hydrogen (secondary N) is 2. The summed E-state index contributed by atoms with van der Waals surface area (Å²) in [5.41, 5.74) is 0.970. The molecule has 31 heavy (non-hydrogen) atoms. The summed E-state index contributed by atoms with van der Waals surface area (Å²) in [6, 6.07) is 13.2. The van der Waals surface area contributed by atoms with E-state index in [2.05, 4.69) is 10.6 Å². The first-order valence-electron chi connectivity index (χ1n) is 9.52. The molecule has 0 aromatic heterocycles. The zero-order valence-corrected chi connectivity index (χ0v) is 19.3. The van der Waals surface area contributed by atoms with Gasteiger partial charge in [0, 0.05) is 4.90 Å². The smallest absolute Gasteiger partial charge is 0.329 e. The average molecular weight is 463 g/mol. The van der Waals surface area contributed by atoms with Gasteiger partial charge in [-0.15, -0.1) is 11.8 Å². The van der Waals surface area contributed by atoms with Crippen molar-refractivity contribution in [3.8, 4) is 5.75 Å². The molecule has 166 valence electrons. The van der Waals surface area contributed by atoms with Crippen LogP contribution in [0.3, 0.4) is 0 Å². The molecule has 0 fully saturated rings. The van der Waals surface area contributed by atoms with E-state index in [9.17, 15) is 14.4 Å². The highest BCUT2D eigenvalue weighted by Gasteiger charge is 2.24. The monoisotopic (exact) mass is 462 g/mol. The van der Waals surface area contributed by atoms with Gasteiger partial charge in [0.05, 0.1) is 18.4 Å². The summed E-state index contributed by atoms with van der Waals surface area (Å²) in [5, 5.41) is 5.43. The van der Waals surface area contributed by atoms with E-state index in [1.54, 1.807) is 42.1 Å². The van der Waals surface area contributed by atoms with Crippen molar-refractivity contribution in [2.75, 3.05) is 37.3 Å². The molecule has 2 amide bonds. The van der Waals surface area contributed by atoms with Gasteiger partial charge in [0.15, 0.2) is 6.61 Å². The summed E-state index contributed by atoms with van der Waals surface area (Å²) in [6.45, 7) is -0.443. The highest BCUT2D eigenvalue weighted by Crippen LogP contribution is 2.24. The molecule has 2 aromatic rings. The molecule has 0 saturated heterocycles. The molecule has 0 bridgehead atoms. The van der Waals surface area contributed by atoms with Gasteiger partial charge < -0.3 is 20.1 Å². The lowest BCUT2D eigenvalue weighted by Gasteiger charge is -2.18. The van der Waals surface area contributed by atoms with Gasteiger partial charge in [-0.2, -0.15) is 11.8 Å². The quantitative estimate of drug-likeness (QED) is 0.390. The van der Waals surface area contributed by atoms with Crippen LogP contribution in [0.5, 0.6) is 5.75 Å². The van der Waals surface area contributed by atoms with E-state index in [4.69, 9.17) is 9.47 Å². The van der Waals surface area contributed by atoms with Crippen molar-refractivity contribution >= 4 is 47.0 Å². The summed E-state index contributed by atoms with van der Waals surface area (Å²) in [5.74, 6) is -0.512. The molecule has 2 rings (SSSR count). The third-order valence-corrected chi connectivity index (χ3v) is 5.72. The Morgan fingerprint density at radius 3 is 2.45 bits per heavy atom. The van der Waals surface area contributed by atoms with Crippen molar-refractivity contribution < 1.29 is 23.9 Å². The Kier molecular flexibility index (Phi) is 10.3. The summed E-state index contributed by atoms with van der Waals surface area (Å²) < 4.78 is 10.4. The van der Waals surface area contributed by atoms with Crippen LogP contribution in [0.2, 0.25) is 0 Å². The summed E-state index contributed by atoms with van der Waals surface area (Å²) >= 11 is 3.04. The van der Waals surface area contributed by atoms with Gasteiger partial charge in [0.2, 0.25) is 0 Å².